The van der Waals surface area contributed by atoms with Crippen molar-refractivity contribution in [1.29, 1.82) is 0 Å². The van der Waals surface area contributed by atoms with Gasteiger partial charge >= 0.3 is 0 Å². The Morgan fingerprint density at radius 1 is 1.38 bits per heavy atom. The summed E-state index contributed by atoms with van der Waals surface area (Å²) in [5.41, 5.74) is 2.63. The highest BCUT2D eigenvalue weighted by Gasteiger charge is 2.07. The Labute approximate surface area is 106 Å². The molecule has 0 atom stereocenters. The molecule has 4 heteroatoms. The first-order chi connectivity index (χ1) is 7.65. The molecule has 1 amide bonds. The van der Waals surface area contributed by atoms with Gasteiger partial charge in [0, 0.05) is 11.1 Å². The van der Waals surface area contributed by atoms with E-state index in [1.54, 1.807) is 0 Å². The lowest BCUT2D eigenvalue weighted by atomic mass is 10.2. The molecule has 0 aliphatic rings. The monoisotopic (exact) mass is 295 g/mol. The molecular weight excluding hydrogens is 286 g/mol. The van der Waals surface area contributed by atoms with Crippen LogP contribution < -0.4 is 5.32 Å². The van der Waals surface area contributed by atoms with Crippen molar-refractivity contribution >= 4 is 38.9 Å². The highest BCUT2D eigenvalue weighted by atomic mass is 79.9. The highest BCUT2D eigenvalue weighted by molar-refractivity contribution is 9.11. The molecule has 0 spiro atoms. The maximum Gasteiger partial charge on any atom is 0.256 e. The summed E-state index contributed by atoms with van der Waals surface area (Å²) in [6.45, 7) is 2.00. The van der Waals surface area contributed by atoms with Crippen LogP contribution in [-0.2, 0) is 0 Å². The van der Waals surface area contributed by atoms with E-state index in [1.165, 1.54) is 11.3 Å². The number of aryl methyl sites for hydroxylation is 1. The summed E-state index contributed by atoms with van der Waals surface area (Å²) in [5.74, 6) is -0.0763. The quantitative estimate of drug-likeness (QED) is 0.889. The molecule has 1 aromatic carbocycles. The van der Waals surface area contributed by atoms with Crippen molar-refractivity contribution in [2.45, 2.75) is 6.92 Å². The van der Waals surface area contributed by atoms with E-state index in [4.69, 9.17) is 0 Å². The molecule has 2 rings (SSSR count). The third-order valence-corrected chi connectivity index (χ3v) is 3.61. The molecule has 0 saturated heterocycles. The average molecular weight is 296 g/mol. The van der Waals surface area contributed by atoms with Gasteiger partial charge in [0.15, 0.2) is 0 Å². The smallest absolute Gasteiger partial charge is 0.256 e. The molecule has 16 heavy (non-hydrogen) atoms. The van der Waals surface area contributed by atoms with E-state index in [1.807, 2.05) is 42.6 Å². The van der Waals surface area contributed by atoms with Gasteiger partial charge in [-0.05, 0) is 46.6 Å². The van der Waals surface area contributed by atoms with Crippen LogP contribution >= 0.6 is 27.3 Å². The second kappa shape index (κ2) is 4.80. The van der Waals surface area contributed by atoms with Crippen LogP contribution in [0.3, 0.4) is 0 Å². The predicted octanol–water partition coefficient (Wildman–Crippen LogP) is 4.07. The number of hydrogen-bond donors (Lipinski definition) is 1. The van der Waals surface area contributed by atoms with Gasteiger partial charge in [0.25, 0.3) is 5.91 Å². The van der Waals surface area contributed by atoms with E-state index in [0.717, 1.165) is 15.0 Å². The SMILES string of the molecule is Cc1cccc(NC(=O)c2csc(Br)c2)c1. The van der Waals surface area contributed by atoms with Gasteiger partial charge in [-0.2, -0.15) is 0 Å². The number of hydrogen-bond acceptors (Lipinski definition) is 2. The van der Waals surface area contributed by atoms with Gasteiger partial charge in [0.05, 0.1) is 9.35 Å². The molecular formula is C12H10BrNOS. The number of benzene rings is 1. The van der Waals surface area contributed by atoms with Crippen molar-refractivity contribution < 1.29 is 4.79 Å². The van der Waals surface area contributed by atoms with Crippen LogP contribution in [0.1, 0.15) is 15.9 Å². The molecule has 1 heterocycles. The molecule has 0 radical (unpaired) electrons. The van der Waals surface area contributed by atoms with E-state index < -0.39 is 0 Å². The Balaban J connectivity index is 2.13. The number of amides is 1. The van der Waals surface area contributed by atoms with E-state index in [0.29, 0.717) is 5.56 Å². The summed E-state index contributed by atoms with van der Waals surface area (Å²) >= 11 is 4.84. The number of thiophene rings is 1. The van der Waals surface area contributed by atoms with Gasteiger partial charge in [0.2, 0.25) is 0 Å². The van der Waals surface area contributed by atoms with Crippen molar-refractivity contribution in [3.05, 3.63) is 50.6 Å². The number of anilines is 1. The van der Waals surface area contributed by atoms with E-state index >= 15 is 0 Å². The lowest BCUT2D eigenvalue weighted by molar-refractivity contribution is 0.102. The zero-order valence-corrected chi connectivity index (χ0v) is 11.1. The van der Waals surface area contributed by atoms with E-state index in [2.05, 4.69) is 21.2 Å². The third kappa shape index (κ3) is 2.71. The summed E-state index contributed by atoms with van der Waals surface area (Å²) in [4.78, 5) is 11.8. The minimum atomic E-state index is -0.0763. The summed E-state index contributed by atoms with van der Waals surface area (Å²) in [5, 5.41) is 4.69. The molecule has 0 bridgehead atoms. The third-order valence-electron chi connectivity index (χ3n) is 2.11. The molecule has 2 nitrogen and oxygen atoms in total. The maximum atomic E-state index is 11.8. The van der Waals surface area contributed by atoms with Crippen molar-refractivity contribution in [2.24, 2.45) is 0 Å². The zero-order valence-electron chi connectivity index (χ0n) is 8.66. The molecule has 0 saturated carbocycles. The first kappa shape index (κ1) is 11.4. The van der Waals surface area contributed by atoms with Crippen molar-refractivity contribution in [3.8, 4) is 0 Å². The first-order valence-electron chi connectivity index (χ1n) is 4.77. The topological polar surface area (TPSA) is 29.1 Å². The Bertz CT molecular complexity index is 521. The second-order valence-corrected chi connectivity index (χ2v) is 5.75. The maximum absolute atomic E-state index is 11.8. The van der Waals surface area contributed by atoms with Crippen LogP contribution in [-0.4, -0.2) is 5.91 Å². The molecule has 1 N–H and O–H groups in total. The molecule has 2 aromatic rings. The normalized spacial score (nSPS) is 10.1. The number of nitrogens with one attached hydrogen (secondary N) is 1. The van der Waals surface area contributed by atoms with Crippen LogP contribution in [0.2, 0.25) is 0 Å². The minimum Gasteiger partial charge on any atom is -0.322 e. The Morgan fingerprint density at radius 2 is 2.19 bits per heavy atom. The van der Waals surface area contributed by atoms with Crippen LogP contribution in [0.5, 0.6) is 0 Å². The van der Waals surface area contributed by atoms with E-state index in [9.17, 15) is 4.79 Å². The van der Waals surface area contributed by atoms with Gasteiger partial charge in [-0.3, -0.25) is 4.79 Å². The molecule has 82 valence electrons. The predicted molar refractivity (Wildman–Crippen MR) is 71.2 cm³/mol. The standard InChI is InChI=1S/C12H10BrNOS/c1-8-3-2-4-10(5-8)14-12(15)9-6-11(13)16-7-9/h2-7H,1H3,(H,14,15). The van der Waals surface area contributed by atoms with Gasteiger partial charge in [-0.25, -0.2) is 0 Å². The fourth-order valence-corrected chi connectivity index (χ4v) is 2.49. The van der Waals surface area contributed by atoms with Crippen molar-refractivity contribution in [3.63, 3.8) is 0 Å². The lowest BCUT2D eigenvalue weighted by Gasteiger charge is -2.04. The number of carbonyl (C=O) groups excluding carboxylic acids is 1. The van der Waals surface area contributed by atoms with Crippen LogP contribution in [0, 0.1) is 6.92 Å². The Kier molecular flexibility index (Phi) is 3.41. The van der Waals surface area contributed by atoms with Gasteiger partial charge in [-0.1, -0.05) is 12.1 Å². The summed E-state index contributed by atoms with van der Waals surface area (Å²) in [7, 11) is 0. The van der Waals surface area contributed by atoms with E-state index in [-0.39, 0.29) is 5.91 Å². The zero-order chi connectivity index (χ0) is 11.5. The Hall–Kier alpha value is -1.13. The number of carbonyl (C=O) groups is 1. The molecule has 0 fully saturated rings. The lowest BCUT2D eigenvalue weighted by Crippen LogP contribution is -2.10. The largest absolute Gasteiger partial charge is 0.322 e. The van der Waals surface area contributed by atoms with Crippen molar-refractivity contribution in [1.82, 2.24) is 0 Å². The van der Waals surface area contributed by atoms with Crippen LogP contribution in [0.25, 0.3) is 0 Å². The van der Waals surface area contributed by atoms with Gasteiger partial charge < -0.3 is 5.32 Å². The molecule has 1 aromatic heterocycles. The second-order valence-electron chi connectivity index (χ2n) is 3.46. The minimum absolute atomic E-state index is 0.0763. The average Bonchev–Trinajstić information content (AvgIpc) is 2.65. The number of halogens is 1. The summed E-state index contributed by atoms with van der Waals surface area (Å²) < 4.78 is 0.960. The van der Waals surface area contributed by atoms with Crippen LogP contribution in [0.4, 0.5) is 5.69 Å². The molecule has 0 aliphatic heterocycles. The van der Waals surface area contributed by atoms with Gasteiger partial charge in [-0.15, -0.1) is 11.3 Å². The summed E-state index contributed by atoms with van der Waals surface area (Å²) in [6.07, 6.45) is 0. The van der Waals surface area contributed by atoms with Crippen LogP contribution in [0.15, 0.2) is 39.5 Å². The Morgan fingerprint density at radius 3 is 2.81 bits per heavy atom. The molecule has 0 aliphatic carbocycles. The fourth-order valence-electron chi connectivity index (χ4n) is 1.36. The molecule has 0 unspecified atom stereocenters. The van der Waals surface area contributed by atoms with Crippen molar-refractivity contribution in [2.75, 3.05) is 5.32 Å². The fraction of sp³-hybridized carbons (Fsp3) is 0.0833. The summed E-state index contributed by atoms with van der Waals surface area (Å²) in [6, 6.07) is 9.56. The highest BCUT2D eigenvalue weighted by Crippen LogP contribution is 2.21. The first-order valence-corrected chi connectivity index (χ1v) is 6.44. The number of rotatable bonds is 2. The van der Waals surface area contributed by atoms with Gasteiger partial charge in [0.1, 0.15) is 0 Å².